The Bertz CT molecular complexity index is 408. The first kappa shape index (κ1) is 14.4. The van der Waals surface area contributed by atoms with Crippen molar-refractivity contribution in [2.24, 2.45) is 10.7 Å². The third kappa shape index (κ3) is 5.63. The maximum Gasteiger partial charge on any atom is 0.170 e. The Balaban J connectivity index is 2.48. The van der Waals surface area contributed by atoms with Crippen molar-refractivity contribution in [1.82, 2.24) is 5.32 Å². The summed E-state index contributed by atoms with van der Waals surface area (Å²) in [7, 11) is 0. The fraction of sp³-hybridized carbons (Fsp3) is 0.385. The van der Waals surface area contributed by atoms with Crippen molar-refractivity contribution in [3.05, 3.63) is 24.3 Å². The topological polar surface area (TPSA) is 62.4 Å². The first-order valence-corrected chi connectivity index (χ1v) is 6.48. The van der Waals surface area contributed by atoms with E-state index in [4.69, 9.17) is 18.0 Å². The van der Waals surface area contributed by atoms with E-state index in [1.807, 2.05) is 24.3 Å². The third-order valence-corrected chi connectivity index (χ3v) is 2.49. The Labute approximate surface area is 114 Å². The molecule has 98 valence electrons. The van der Waals surface area contributed by atoms with Crippen LogP contribution in [-0.2, 0) is 0 Å². The predicted octanol–water partition coefficient (Wildman–Crippen LogP) is 2.78. The van der Waals surface area contributed by atoms with Crippen molar-refractivity contribution in [3.8, 4) is 0 Å². The van der Waals surface area contributed by atoms with Crippen molar-refractivity contribution in [3.63, 3.8) is 0 Å². The molecule has 0 aromatic heterocycles. The second-order valence-electron chi connectivity index (χ2n) is 4.03. The molecule has 0 fully saturated rings. The summed E-state index contributed by atoms with van der Waals surface area (Å²) < 4.78 is 0. The molecule has 1 aromatic carbocycles. The zero-order valence-corrected chi connectivity index (χ0v) is 11.7. The van der Waals surface area contributed by atoms with Crippen LogP contribution in [0.5, 0.6) is 0 Å². The molecule has 4 nitrogen and oxygen atoms in total. The molecule has 0 saturated carbocycles. The molecule has 0 bridgehead atoms. The van der Waals surface area contributed by atoms with E-state index in [-0.39, 0.29) is 0 Å². The molecule has 0 radical (unpaired) electrons. The Morgan fingerprint density at radius 1 is 1.33 bits per heavy atom. The van der Waals surface area contributed by atoms with E-state index in [1.165, 1.54) is 0 Å². The van der Waals surface area contributed by atoms with Gasteiger partial charge in [0.25, 0.3) is 0 Å². The zero-order chi connectivity index (χ0) is 13.4. The lowest BCUT2D eigenvalue weighted by Crippen LogP contribution is -2.29. The van der Waals surface area contributed by atoms with Gasteiger partial charge in [0.15, 0.2) is 5.11 Å². The molecule has 18 heavy (non-hydrogen) atoms. The molecular formula is C13H20N4S. The van der Waals surface area contributed by atoms with Gasteiger partial charge in [0.05, 0.1) is 11.5 Å². The molecule has 0 saturated heterocycles. The van der Waals surface area contributed by atoms with E-state index >= 15 is 0 Å². The van der Waals surface area contributed by atoms with Gasteiger partial charge in [-0.15, -0.1) is 0 Å². The van der Waals surface area contributed by atoms with Gasteiger partial charge in [-0.25, -0.2) is 4.99 Å². The lowest BCUT2D eigenvalue weighted by Gasteiger charge is -2.10. The highest BCUT2D eigenvalue weighted by molar-refractivity contribution is 7.80. The maximum absolute atomic E-state index is 5.51. The minimum absolute atomic E-state index is 0.549. The van der Waals surface area contributed by atoms with Gasteiger partial charge in [-0.2, -0.15) is 0 Å². The normalized spacial score (nSPS) is 11.1. The Kier molecular flexibility index (Phi) is 6.14. The molecule has 5 heteroatoms. The number of anilines is 1. The number of hydrogen-bond donors (Lipinski definition) is 3. The van der Waals surface area contributed by atoms with E-state index < -0.39 is 0 Å². The number of thiocarbonyl (C=S) groups is 1. The summed E-state index contributed by atoms with van der Waals surface area (Å²) in [4.78, 5) is 4.16. The summed E-state index contributed by atoms with van der Waals surface area (Å²) in [6.07, 6.45) is 2.27. The third-order valence-electron chi connectivity index (χ3n) is 2.25. The molecular weight excluding hydrogens is 244 g/mol. The van der Waals surface area contributed by atoms with Crippen molar-refractivity contribution in [1.29, 1.82) is 0 Å². The second kappa shape index (κ2) is 7.66. The van der Waals surface area contributed by atoms with Gasteiger partial charge in [-0.3, -0.25) is 0 Å². The number of benzene rings is 1. The quantitative estimate of drug-likeness (QED) is 0.331. The summed E-state index contributed by atoms with van der Waals surface area (Å²) in [5.41, 5.74) is 7.30. The number of nitrogens with two attached hydrogens (primary N) is 1. The highest BCUT2D eigenvalue weighted by Crippen LogP contribution is 2.16. The largest absolute Gasteiger partial charge is 0.387 e. The van der Waals surface area contributed by atoms with Crippen LogP contribution in [0.25, 0.3) is 0 Å². The Hall–Kier alpha value is -1.62. The van der Waals surface area contributed by atoms with Crippen LogP contribution in [0.2, 0.25) is 0 Å². The van der Waals surface area contributed by atoms with Crippen LogP contribution in [-0.4, -0.2) is 17.5 Å². The summed E-state index contributed by atoms with van der Waals surface area (Å²) in [5, 5.41) is 6.92. The average Bonchev–Trinajstić information content (AvgIpc) is 2.31. The average molecular weight is 264 g/mol. The number of aliphatic imine (C=N–C) groups is 1. The molecule has 0 amide bonds. The minimum atomic E-state index is 0.549. The molecule has 0 aliphatic rings. The summed E-state index contributed by atoms with van der Waals surface area (Å²) in [5.74, 6) is 0.549. The van der Waals surface area contributed by atoms with Crippen molar-refractivity contribution in [2.75, 3.05) is 11.9 Å². The van der Waals surface area contributed by atoms with E-state index in [1.54, 1.807) is 6.92 Å². The van der Waals surface area contributed by atoms with E-state index in [2.05, 4.69) is 22.5 Å². The smallest absolute Gasteiger partial charge is 0.170 e. The Morgan fingerprint density at radius 3 is 2.56 bits per heavy atom. The summed E-state index contributed by atoms with van der Waals surface area (Å²) in [6.45, 7) is 4.81. The highest BCUT2D eigenvalue weighted by atomic mass is 32.1. The van der Waals surface area contributed by atoms with Crippen LogP contribution in [0.1, 0.15) is 26.7 Å². The molecule has 1 aromatic rings. The summed E-state index contributed by atoms with van der Waals surface area (Å²) in [6, 6.07) is 7.64. The van der Waals surface area contributed by atoms with E-state index in [9.17, 15) is 0 Å². The monoisotopic (exact) mass is 264 g/mol. The standard InChI is InChI=1S/C13H20N4S/c1-3-4-9-15-13(18)17-12-7-5-11(6-8-12)16-10(2)14/h5-8H,3-4,9H2,1-2H3,(H2,14,16)(H2,15,17,18). The first-order chi connectivity index (χ1) is 8.61. The first-order valence-electron chi connectivity index (χ1n) is 6.07. The minimum Gasteiger partial charge on any atom is -0.387 e. The predicted molar refractivity (Wildman–Crippen MR) is 82.5 cm³/mol. The van der Waals surface area contributed by atoms with Crippen molar-refractivity contribution in [2.45, 2.75) is 26.7 Å². The number of nitrogens with one attached hydrogen (secondary N) is 2. The molecule has 0 spiro atoms. The number of amidine groups is 1. The molecule has 0 aliphatic heterocycles. The van der Waals surface area contributed by atoms with Crippen LogP contribution >= 0.6 is 12.2 Å². The second-order valence-corrected chi connectivity index (χ2v) is 4.44. The molecule has 0 unspecified atom stereocenters. The van der Waals surface area contributed by atoms with Gasteiger partial charge in [0.1, 0.15) is 0 Å². The number of unbranched alkanes of at least 4 members (excludes halogenated alkanes) is 1. The molecule has 0 aliphatic carbocycles. The lowest BCUT2D eigenvalue weighted by molar-refractivity contribution is 0.758. The molecule has 4 N–H and O–H groups in total. The summed E-state index contributed by atoms with van der Waals surface area (Å²) >= 11 is 5.18. The van der Waals surface area contributed by atoms with Crippen LogP contribution in [0.4, 0.5) is 11.4 Å². The van der Waals surface area contributed by atoms with Crippen molar-refractivity contribution >= 4 is 34.5 Å². The van der Waals surface area contributed by atoms with Gasteiger partial charge >= 0.3 is 0 Å². The number of rotatable bonds is 5. The zero-order valence-electron chi connectivity index (χ0n) is 10.9. The van der Waals surface area contributed by atoms with Crippen molar-refractivity contribution < 1.29 is 0 Å². The lowest BCUT2D eigenvalue weighted by atomic mass is 10.3. The number of hydrogen-bond acceptors (Lipinski definition) is 2. The van der Waals surface area contributed by atoms with Gasteiger partial charge in [0.2, 0.25) is 0 Å². The number of nitrogens with zero attached hydrogens (tertiary/aromatic N) is 1. The maximum atomic E-state index is 5.51. The highest BCUT2D eigenvalue weighted by Gasteiger charge is 1.97. The van der Waals surface area contributed by atoms with Crippen LogP contribution < -0.4 is 16.4 Å². The van der Waals surface area contributed by atoms with E-state index in [0.717, 1.165) is 30.8 Å². The van der Waals surface area contributed by atoms with Gasteiger partial charge < -0.3 is 16.4 Å². The van der Waals surface area contributed by atoms with Gasteiger partial charge in [-0.05, 0) is 49.8 Å². The Morgan fingerprint density at radius 2 is 2.00 bits per heavy atom. The fourth-order valence-electron chi connectivity index (χ4n) is 1.38. The van der Waals surface area contributed by atoms with Gasteiger partial charge in [-0.1, -0.05) is 13.3 Å². The van der Waals surface area contributed by atoms with Crippen LogP contribution in [0.3, 0.4) is 0 Å². The van der Waals surface area contributed by atoms with E-state index in [0.29, 0.717) is 10.9 Å². The SMILES string of the molecule is CCCCNC(=S)Nc1ccc(N=C(C)N)cc1. The fourth-order valence-corrected chi connectivity index (χ4v) is 1.60. The molecule has 1 rings (SSSR count). The van der Waals surface area contributed by atoms with Crippen LogP contribution in [0, 0.1) is 0 Å². The van der Waals surface area contributed by atoms with Gasteiger partial charge in [0, 0.05) is 12.2 Å². The molecule has 0 atom stereocenters. The van der Waals surface area contributed by atoms with Crippen LogP contribution in [0.15, 0.2) is 29.3 Å². The molecule has 0 heterocycles.